The fourth-order valence-corrected chi connectivity index (χ4v) is 2.97. The number of aryl methyl sites for hydroxylation is 2. The van der Waals surface area contributed by atoms with Crippen molar-refractivity contribution in [1.29, 1.82) is 0 Å². The zero-order valence-corrected chi connectivity index (χ0v) is 12.0. The van der Waals surface area contributed by atoms with Crippen molar-refractivity contribution in [1.82, 2.24) is 0 Å². The fourth-order valence-electron chi connectivity index (χ4n) is 2.97. The number of hydrogen-bond donors (Lipinski definition) is 3. The predicted molar refractivity (Wildman–Crippen MR) is 78.7 cm³/mol. The highest BCUT2D eigenvalue weighted by atomic mass is 16.3. The molecule has 0 saturated heterocycles. The van der Waals surface area contributed by atoms with Crippen LogP contribution in [0.5, 0.6) is 5.75 Å². The lowest BCUT2D eigenvalue weighted by atomic mass is 9.74. The highest BCUT2D eigenvalue weighted by Gasteiger charge is 2.31. The monoisotopic (exact) mass is 263 g/mol. The number of nitrogens with one attached hydrogen (secondary N) is 1. The molecular weight excluding hydrogens is 238 g/mol. The van der Waals surface area contributed by atoms with Crippen molar-refractivity contribution in [2.45, 2.75) is 46.0 Å². The predicted octanol–water partition coefficient (Wildman–Crippen LogP) is 3.36. The summed E-state index contributed by atoms with van der Waals surface area (Å²) in [5.74, 6) is 0.345. The van der Waals surface area contributed by atoms with Gasteiger partial charge in [-0.1, -0.05) is 19.3 Å². The van der Waals surface area contributed by atoms with E-state index in [1.165, 1.54) is 19.3 Å². The summed E-state index contributed by atoms with van der Waals surface area (Å²) in [6.07, 6.45) is 5.93. The Labute approximate surface area is 115 Å². The first-order valence-corrected chi connectivity index (χ1v) is 7.21. The molecule has 0 radical (unpaired) electrons. The Balaban J connectivity index is 2.07. The van der Waals surface area contributed by atoms with E-state index in [9.17, 15) is 10.2 Å². The molecule has 3 N–H and O–H groups in total. The molecule has 0 heterocycles. The fraction of sp³-hybridized carbons (Fsp3) is 0.625. The van der Waals surface area contributed by atoms with Gasteiger partial charge in [0.1, 0.15) is 5.75 Å². The van der Waals surface area contributed by atoms with E-state index in [1.54, 1.807) is 6.07 Å². The highest BCUT2D eigenvalue weighted by molar-refractivity contribution is 5.56. The van der Waals surface area contributed by atoms with E-state index in [0.717, 1.165) is 36.2 Å². The van der Waals surface area contributed by atoms with Crippen molar-refractivity contribution in [2.75, 3.05) is 18.5 Å². The van der Waals surface area contributed by atoms with E-state index in [2.05, 4.69) is 5.32 Å². The molecule has 1 fully saturated rings. The largest absolute Gasteiger partial charge is 0.508 e. The van der Waals surface area contributed by atoms with Gasteiger partial charge in [-0.25, -0.2) is 0 Å². The first-order valence-electron chi connectivity index (χ1n) is 7.21. The van der Waals surface area contributed by atoms with Crippen molar-refractivity contribution >= 4 is 5.69 Å². The number of phenols is 1. The van der Waals surface area contributed by atoms with Crippen molar-refractivity contribution in [3.8, 4) is 5.75 Å². The van der Waals surface area contributed by atoms with E-state index < -0.39 is 0 Å². The standard InChI is InChI=1S/C16H25NO2/c1-12-9-15(19)13(2)8-14(12)17-10-16(11-18)6-4-3-5-7-16/h8-9,17-19H,3-7,10-11H2,1-2H3. The van der Waals surface area contributed by atoms with Crippen LogP contribution in [-0.2, 0) is 0 Å². The first kappa shape index (κ1) is 14.2. The maximum Gasteiger partial charge on any atom is 0.118 e. The third-order valence-electron chi connectivity index (χ3n) is 4.45. The molecule has 3 heteroatoms. The first-order chi connectivity index (χ1) is 9.06. The van der Waals surface area contributed by atoms with E-state index >= 15 is 0 Å². The van der Waals surface area contributed by atoms with Gasteiger partial charge >= 0.3 is 0 Å². The van der Waals surface area contributed by atoms with E-state index in [1.807, 2.05) is 19.9 Å². The van der Waals surface area contributed by atoms with Crippen LogP contribution in [0.15, 0.2) is 12.1 Å². The van der Waals surface area contributed by atoms with Gasteiger partial charge in [-0.05, 0) is 49.9 Å². The van der Waals surface area contributed by atoms with Gasteiger partial charge in [0.25, 0.3) is 0 Å². The van der Waals surface area contributed by atoms with Gasteiger partial charge < -0.3 is 15.5 Å². The Hall–Kier alpha value is -1.22. The van der Waals surface area contributed by atoms with E-state index in [0.29, 0.717) is 5.75 Å². The number of phenolic OH excluding ortho intramolecular Hbond substituents is 1. The Bertz CT molecular complexity index is 437. The van der Waals surface area contributed by atoms with Gasteiger partial charge in [0.15, 0.2) is 0 Å². The van der Waals surface area contributed by atoms with Gasteiger partial charge in [0.05, 0.1) is 6.61 Å². The molecule has 19 heavy (non-hydrogen) atoms. The Morgan fingerprint density at radius 2 is 1.79 bits per heavy atom. The van der Waals surface area contributed by atoms with Gasteiger partial charge in [-0.3, -0.25) is 0 Å². The summed E-state index contributed by atoms with van der Waals surface area (Å²) in [5.41, 5.74) is 3.03. The van der Waals surface area contributed by atoms with Crippen LogP contribution in [0, 0.1) is 19.3 Å². The quantitative estimate of drug-likeness (QED) is 0.730. The average Bonchev–Trinajstić information content (AvgIpc) is 2.42. The minimum Gasteiger partial charge on any atom is -0.508 e. The van der Waals surface area contributed by atoms with Crippen molar-refractivity contribution in [3.63, 3.8) is 0 Å². The lowest BCUT2D eigenvalue weighted by Gasteiger charge is -2.36. The summed E-state index contributed by atoms with van der Waals surface area (Å²) in [6.45, 7) is 4.97. The number of aliphatic hydroxyl groups excluding tert-OH is 1. The summed E-state index contributed by atoms with van der Waals surface area (Å²) >= 11 is 0. The summed E-state index contributed by atoms with van der Waals surface area (Å²) in [5, 5.41) is 22.8. The molecule has 1 aliphatic carbocycles. The van der Waals surface area contributed by atoms with E-state index in [4.69, 9.17) is 0 Å². The Morgan fingerprint density at radius 3 is 2.42 bits per heavy atom. The van der Waals surface area contributed by atoms with Gasteiger partial charge in [0.2, 0.25) is 0 Å². The maximum atomic E-state index is 9.71. The molecule has 0 unspecified atom stereocenters. The molecule has 0 aliphatic heterocycles. The van der Waals surface area contributed by atoms with Crippen LogP contribution >= 0.6 is 0 Å². The van der Waals surface area contributed by atoms with Crippen LogP contribution in [0.2, 0.25) is 0 Å². The summed E-state index contributed by atoms with van der Waals surface area (Å²) < 4.78 is 0. The lowest BCUT2D eigenvalue weighted by Crippen LogP contribution is -2.35. The Kier molecular flexibility index (Phi) is 4.35. The maximum absolute atomic E-state index is 9.71. The third-order valence-corrected chi connectivity index (χ3v) is 4.45. The zero-order chi connectivity index (χ0) is 13.9. The molecule has 1 aliphatic rings. The topological polar surface area (TPSA) is 52.5 Å². The molecule has 3 nitrogen and oxygen atoms in total. The molecule has 0 aromatic heterocycles. The number of aromatic hydroxyl groups is 1. The molecule has 2 rings (SSSR count). The molecule has 1 aromatic rings. The van der Waals surface area contributed by atoms with Crippen LogP contribution < -0.4 is 5.32 Å². The van der Waals surface area contributed by atoms with Crippen LogP contribution in [0.4, 0.5) is 5.69 Å². The highest BCUT2D eigenvalue weighted by Crippen LogP contribution is 2.36. The summed E-state index contributed by atoms with van der Waals surface area (Å²) in [6, 6.07) is 3.78. The van der Waals surface area contributed by atoms with Crippen molar-refractivity contribution < 1.29 is 10.2 Å². The number of aliphatic hydroxyl groups is 1. The molecule has 0 atom stereocenters. The summed E-state index contributed by atoms with van der Waals surface area (Å²) in [4.78, 5) is 0. The van der Waals surface area contributed by atoms with Crippen LogP contribution in [0.3, 0.4) is 0 Å². The second kappa shape index (κ2) is 5.83. The molecule has 1 aromatic carbocycles. The Morgan fingerprint density at radius 1 is 1.11 bits per heavy atom. The van der Waals surface area contributed by atoms with Crippen molar-refractivity contribution in [3.05, 3.63) is 23.3 Å². The van der Waals surface area contributed by atoms with E-state index in [-0.39, 0.29) is 12.0 Å². The molecule has 1 saturated carbocycles. The third kappa shape index (κ3) is 3.21. The number of rotatable bonds is 4. The second-order valence-corrected chi connectivity index (χ2v) is 6.03. The van der Waals surface area contributed by atoms with Crippen molar-refractivity contribution in [2.24, 2.45) is 5.41 Å². The molecule has 0 bridgehead atoms. The van der Waals surface area contributed by atoms with Gasteiger partial charge in [-0.2, -0.15) is 0 Å². The minimum atomic E-state index is 0.0382. The molecular formula is C16H25NO2. The smallest absolute Gasteiger partial charge is 0.118 e. The molecule has 0 spiro atoms. The lowest BCUT2D eigenvalue weighted by molar-refractivity contribution is 0.0944. The molecule has 106 valence electrons. The zero-order valence-electron chi connectivity index (χ0n) is 12.0. The normalized spacial score (nSPS) is 18.3. The van der Waals surface area contributed by atoms with Gasteiger partial charge in [-0.15, -0.1) is 0 Å². The summed E-state index contributed by atoms with van der Waals surface area (Å²) in [7, 11) is 0. The molecule has 0 amide bonds. The van der Waals surface area contributed by atoms with Crippen LogP contribution in [0.25, 0.3) is 0 Å². The number of anilines is 1. The van der Waals surface area contributed by atoms with Crippen LogP contribution in [0.1, 0.15) is 43.2 Å². The SMILES string of the molecule is Cc1cc(NCC2(CO)CCCCC2)c(C)cc1O. The number of hydrogen-bond acceptors (Lipinski definition) is 3. The van der Waals surface area contributed by atoms with Crippen LogP contribution in [-0.4, -0.2) is 23.4 Å². The number of benzene rings is 1. The van der Waals surface area contributed by atoms with Gasteiger partial charge in [0, 0.05) is 17.6 Å². The second-order valence-electron chi connectivity index (χ2n) is 6.03. The minimum absolute atomic E-state index is 0.0382. The average molecular weight is 263 g/mol.